The topological polar surface area (TPSA) is 76.3 Å². The van der Waals surface area contributed by atoms with E-state index in [1.54, 1.807) is 15.4 Å². The van der Waals surface area contributed by atoms with Crippen LogP contribution in [0.1, 0.15) is 18.0 Å². The SMILES string of the molecule is Cc1ccccc1-n1ncc2c(=O)n3c(nc21)SCC3CC(=O)N1CCN(c2cccc(Cl)c2)CC1. The van der Waals surface area contributed by atoms with Crippen LogP contribution in [0.25, 0.3) is 16.7 Å². The molecule has 2 aromatic heterocycles. The van der Waals surface area contributed by atoms with Gasteiger partial charge in [0.05, 0.1) is 17.9 Å². The number of piperazine rings is 1. The third-order valence-corrected chi connectivity index (χ3v) is 8.26. The van der Waals surface area contributed by atoms with Gasteiger partial charge in [0.2, 0.25) is 5.91 Å². The first-order chi connectivity index (χ1) is 17.5. The number of para-hydroxylation sites is 1. The number of carbonyl (C=O) groups excluding carboxylic acids is 1. The van der Waals surface area contributed by atoms with Crippen molar-refractivity contribution >= 4 is 46.0 Å². The summed E-state index contributed by atoms with van der Waals surface area (Å²) in [7, 11) is 0. The summed E-state index contributed by atoms with van der Waals surface area (Å²) in [5.41, 5.74) is 3.44. The Morgan fingerprint density at radius 1 is 1.11 bits per heavy atom. The fourth-order valence-electron chi connectivity index (χ4n) is 4.98. The first kappa shape index (κ1) is 23.1. The number of aromatic nitrogens is 4. The molecule has 0 aliphatic carbocycles. The molecule has 4 heterocycles. The molecule has 8 nitrogen and oxygen atoms in total. The van der Waals surface area contributed by atoms with Crippen molar-refractivity contribution < 1.29 is 4.79 Å². The molecule has 1 atom stereocenters. The maximum absolute atomic E-state index is 13.5. The van der Waals surface area contributed by atoms with E-state index in [1.807, 2.05) is 60.4 Å². The average Bonchev–Trinajstić information content (AvgIpc) is 3.49. The van der Waals surface area contributed by atoms with Gasteiger partial charge in [0.1, 0.15) is 5.39 Å². The van der Waals surface area contributed by atoms with E-state index >= 15 is 0 Å². The zero-order valence-electron chi connectivity index (χ0n) is 19.8. The molecular formula is C26H25ClN6O2S. The zero-order chi connectivity index (χ0) is 24.8. The van der Waals surface area contributed by atoms with E-state index in [0.29, 0.717) is 40.1 Å². The molecule has 0 radical (unpaired) electrons. The summed E-state index contributed by atoms with van der Waals surface area (Å²) < 4.78 is 3.42. The summed E-state index contributed by atoms with van der Waals surface area (Å²) in [6.45, 7) is 4.81. The number of halogens is 1. The molecule has 6 rings (SSSR count). The molecule has 1 saturated heterocycles. The fraction of sp³-hybridized carbons (Fsp3) is 0.308. The van der Waals surface area contributed by atoms with Crippen LogP contribution >= 0.6 is 23.4 Å². The number of fused-ring (bicyclic) bond motifs is 2. The Hall–Kier alpha value is -3.30. The number of anilines is 1. The van der Waals surface area contributed by atoms with Gasteiger partial charge in [-0.1, -0.05) is 47.6 Å². The van der Waals surface area contributed by atoms with Crippen molar-refractivity contribution in [3.63, 3.8) is 0 Å². The molecule has 0 saturated carbocycles. The Labute approximate surface area is 217 Å². The van der Waals surface area contributed by atoms with Gasteiger partial charge < -0.3 is 9.80 Å². The van der Waals surface area contributed by atoms with Crippen LogP contribution in [0.5, 0.6) is 0 Å². The van der Waals surface area contributed by atoms with Crippen molar-refractivity contribution in [1.29, 1.82) is 0 Å². The molecule has 4 aromatic rings. The van der Waals surface area contributed by atoms with Crippen LogP contribution in [0.2, 0.25) is 5.02 Å². The zero-order valence-corrected chi connectivity index (χ0v) is 21.4. The predicted molar refractivity (Wildman–Crippen MR) is 142 cm³/mol. The Morgan fingerprint density at radius 2 is 1.92 bits per heavy atom. The molecule has 184 valence electrons. The maximum Gasteiger partial charge on any atom is 0.265 e. The Morgan fingerprint density at radius 3 is 2.69 bits per heavy atom. The van der Waals surface area contributed by atoms with Gasteiger partial charge in [-0.15, -0.1) is 0 Å². The molecule has 2 aliphatic heterocycles. The van der Waals surface area contributed by atoms with Gasteiger partial charge in [-0.2, -0.15) is 5.10 Å². The number of amides is 1. The number of hydrogen-bond acceptors (Lipinski definition) is 6. The van der Waals surface area contributed by atoms with Crippen LogP contribution in [0.4, 0.5) is 5.69 Å². The van der Waals surface area contributed by atoms with Crippen LogP contribution in [-0.2, 0) is 4.79 Å². The van der Waals surface area contributed by atoms with E-state index in [4.69, 9.17) is 16.6 Å². The highest BCUT2D eigenvalue weighted by Gasteiger charge is 2.32. The number of thioether (sulfide) groups is 1. The minimum Gasteiger partial charge on any atom is -0.368 e. The summed E-state index contributed by atoms with van der Waals surface area (Å²) in [6.07, 6.45) is 1.87. The first-order valence-corrected chi connectivity index (χ1v) is 13.3. The maximum atomic E-state index is 13.5. The predicted octanol–water partition coefficient (Wildman–Crippen LogP) is 3.93. The Balaban J connectivity index is 1.19. The van der Waals surface area contributed by atoms with Gasteiger partial charge in [0, 0.05) is 49.1 Å². The molecule has 1 amide bonds. The van der Waals surface area contributed by atoms with E-state index in [1.165, 1.54) is 11.8 Å². The van der Waals surface area contributed by atoms with Crippen LogP contribution in [-0.4, -0.2) is 62.1 Å². The van der Waals surface area contributed by atoms with Gasteiger partial charge in [0.25, 0.3) is 5.56 Å². The third kappa shape index (κ3) is 4.06. The second-order valence-corrected chi connectivity index (χ2v) is 10.6. The fourth-order valence-corrected chi connectivity index (χ4v) is 6.29. The van der Waals surface area contributed by atoms with Crippen molar-refractivity contribution in [3.05, 3.63) is 75.7 Å². The lowest BCUT2D eigenvalue weighted by Gasteiger charge is -2.36. The lowest BCUT2D eigenvalue weighted by molar-refractivity contribution is -0.132. The van der Waals surface area contributed by atoms with Gasteiger partial charge in [-0.25, -0.2) is 9.67 Å². The highest BCUT2D eigenvalue weighted by Crippen LogP contribution is 2.34. The highest BCUT2D eigenvalue weighted by atomic mass is 35.5. The molecule has 1 unspecified atom stereocenters. The largest absolute Gasteiger partial charge is 0.368 e. The van der Waals surface area contributed by atoms with Crippen molar-refractivity contribution in [2.45, 2.75) is 24.5 Å². The number of rotatable bonds is 4. The van der Waals surface area contributed by atoms with Crippen molar-refractivity contribution in [3.8, 4) is 5.69 Å². The van der Waals surface area contributed by atoms with Gasteiger partial charge in [0.15, 0.2) is 10.8 Å². The number of hydrogen-bond donors (Lipinski definition) is 0. The van der Waals surface area contributed by atoms with Gasteiger partial charge >= 0.3 is 0 Å². The summed E-state index contributed by atoms with van der Waals surface area (Å²) in [6, 6.07) is 15.5. The van der Waals surface area contributed by atoms with E-state index in [2.05, 4.69) is 10.00 Å². The van der Waals surface area contributed by atoms with Crippen molar-refractivity contribution in [2.24, 2.45) is 0 Å². The molecule has 10 heteroatoms. The Bertz CT molecular complexity index is 1520. The minimum absolute atomic E-state index is 0.0711. The molecule has 36 heavy (non-hydrogen) atoms. The first-order valence-electron chi connectivity index (χ1n) is 12.0. The number of carbonyl (C=O) groups is 1. The molecule has 2 aromatic carbocycles. The van der Waals surface area contributed by atoms with E-state index in [-0.39, 0.29) is 23.9 Å². The molecule has 0 N–H and O–H groups in total. The quantitative estimate of drug-likeness (QED) is 0.379. The lowest BCUT2D eigenvalue weighted by Crippen LogP contribution is -2.49. The number of nitrogens with zero attached hydrogens (tertiary/aromatic N) is 6. The second-order valence-electron chi connectivity index (χ2n) is 9.17. The molecule has 0 bridgehead atoms. The third-order valence-electron chi connectivity index (χ3n) is 6.93. The van der Waals surface area contributed by atoms with Gasteiger partial charge in [-0.3, -0.25) is 14.2 Å². The number of benzene rings is 2. The standard InChI is InChI=1S/C26H25ClN6O2S/c1-17-5-2-3-8-22(17)33-24-21(15-28-33)25(35)32-20(16-36-26(32)29-24)14-23(34)31-11-9-30(10-12-31)19-7-4-6-18(27)13-19/h2-8,13,15,20H,9-12,14,16H2,1H3. The highest BCUT2D eigenvalue weighted by molar-refractivity contribution is 7.99. The monoisotopic (exact) mass is 520 g/mol. The summed E-state index contributed by atoms with van der Waals surface area (Å²) in [5.74, 6) is 0.725. The van der Waals surface area contributed by atoms with E-state index in [0.717, 1.165) is 30.0 Å². The minimum atomic E-state index is -0.213. The van der Waals surface area contributed by atoms with Crippen LogP contribution in [0, 0.1) is 6.92 Å². The summed E-state index contributed by atoms with van der Waals surface area (Å²) in [5, 5.41) is 6.29. The second kappa shape index (κ2) is 9.29. The van der Waals surface area contributed by atoms with Crippen LogP contribution in [0.3, 0.4) is 0 Å². The molecule has 2 aliphatic rings. The lowest BCUT2D eigenvalue weighted by atomic mass is 10.1. The van der Waals surface area contributed by atoms with Crippen LogP contribution in [0.15, 0.2) is 64.7 Å². The molecule has 1 fully saturated rings. The van der Waals surface area contributed by atoms with Crippen molar-refractivity contribution in [1.82, 2.24) is 24.2 Å². The molecular weight excluding hydrogens is 496 g/mol. The number of aryl methyl sites for hydroxylation is 1. The summed E-state index contributed by atoms with van der Waals surface area (Å²) >= 11 is 7.66. The summed E-state index contributed by atoms with van der Waals surface area (Å²) in [4.78, 5) is 35.6. The van der Waals surface area contributed by atoms with E-state index < -0.39 is 0 Å². The van der Waals surface area contributed by atoms with E-state index in [9.17, 15) is 9.59 Å². The Kier molecular flexibility index (Phi) is 5.97. The molecule has 0 spiro atoms. The van der Waals surface area contributed by atoms with Crippen LogP contribution < -0.4 is 10.5 Å². The van der Waals surface area contributed by atoms with Crippen molar-refractivity contribution in [2.75, 3.05) is 36.8 Å². The normalized spacial score (nSPS) is 17.6. The van der Waals surface area contributed by atoms with Gasteiger partial charge in [-0.05, 0) is 36.8 Å². The smallest absolute Gasteiger partial charge is 0.265 e. The average molecular weight is 521 g/mol.